The molecule has 136 valence electrons. The zero-order valence-corrected chi connectivity index (χ0v) is 15.7. The van der Waals surface area contributed by atoms with Gasteiger partial charge < -0.3 is 4.74 Å². The lowest BCUT2D eigenvalue weighted by atomic mass is 10.1. The van der Waals surface area contributed by atoms with Crippen LogP contribution in [0.1, 0.15) is 35.8 Å². The number of carbonyl (C=O) groups excluding carboxylic acids is 1. The Morgan fingerprint density at radius 1 is 1.22 bits per heavy atom. The maximum Gasteiger partial charge on any atom is 0.156 e. The van der Waals surface area contributed by atoms with E-state index in [2.05, 4.69) is 33.5 Å². The van der Waals surface area contributed by atoms with Crippen LogP contribution >= 0.6 is 11.5 Å². The molecule has 0 spiro atoms. The van der Waals surface area contributed by atoms with Crippen LogP contribution in [0.5, 0.6) is 5.75 Å². The molecular weight excluding hydrogens is 362 g/mol. The maximum atomic E-state index is 11.6. The van der Waals surface area contributed by atoms with E-state index in [-0.39, 0.29) is 12.6 Å². The van der Waals surface area contributed by atoms with Crippen LogP contribution in [0.25, 0.3) is 21.6 Å². The SMILES string of the molecule is CC(C)n1nccc1-c1ncccc1COc1ccc2snnc2c1C=O. The van der Waals surface area contributed by atoms with Crippen molar-refractivity contribution in [3.05, 3.63) is 53.9 Å². The number of nitrogens with zero attached hydrogens (tertiary/aromatic N) is 5. The van der Waals surface area contributed by atoms with Crippen LogP contribution in [0.3, 0.4) is 0 Å². The fourth-order valence-electron chi connectivity index (χ4n) is 2.95. The van der Waals surface area contributed by atoms with Gasteiger partial charge in [-0.15, -0.1) is 5.10 Å². The van der Waals surface area contributed by atoms with E-state index in [9.17, 15) is 4.79 Å². The highest BCUT2D eigenvalue weighted by Gasteiger charge is 2.16. The van der Waals surface area contributed by atoms with Gasteiger partial charge in [-0.05, 0) is 49.6 Å². The summed E-state index contributed by atoms with van der Waals surface area (Å²) in [5.41, 5.74) is 3.63. The van der Waals surface area contributed by atoms with Gasteiger partial charge in [0.1, 0.15) is 17.9 Å². The van der Waals surface area contributed by atoms with E-state index in [4.69, 9.17) is 4.74 Å². The van der Waals surface area contributed by atoms with Crippen LogP contribution in [-0.2, 0) is 6.61 Å². The Kier molecular flexibility index (Phi) is 4.64. The minimum Gasteiger partial charge on any atom is -0.488 e. The van der Waals surface area contributed by atoms with Crippen molar-refractivity contribution in [3.8, 4) is 17.1 Å². The Morgan fingerprint density at radius 2 is 2.11 bits per heavy atom. The van der Waals surface area contributed by atoms with Gasteiger partial charge in [0.05, 0.1) is 21.7 Å². The van der Waals surface area contributed by atoms with Crippen LogP contribution in [0, 0.1) is 0 Å². The van der Waals surface area contributed by atoms with Crippen molar-refractivity contribution in [2.24, 2.45) is 0 Å². The minimum atomic E-state index is 0.215. The third-order valence-electron chi connectivity index (χ3n) is 4.21. The fourth-order valence-corrected chi connectivity index (χ4v) is 3.52. The molecule has 3 aromatic heterocycles. The van der Waals surface area contributed by atoms with Crippen molar-refractivity contribution in [1.82, 2.24) is 24.4 Å². The van der Waals surface area contributed by atoms with Crippen LogP contribution in [-0.4, -0.2) is 30.6 Å². The zero-order chi connectivity index (χ0) is 18.8. The predicted octanol–water partition coefficient (Wildman–Crippen LogP) is 3.92. The van der Waals surface area contributed by atoms with Crippen molar-refractivity contribution >= 4 is 28.0 Å². The molecule has 0 aliphatic rings. The standard InChI is InChI=1S/C19H17N5O2S/c1-12(2)24-15(7-9-21-24)18-13(4-3-8-20-18)11-26-16-5-6-17-19(14(16)10-25)22-23-27-17/h3-10,12H,11H2,1-2H3. The number of benzene rings is 1. The molecule has 8 heteroatoms. The molecule has 0 radical (unpaired) electrons. The largest absolute Gasteiger partial charge is 0.488 e. The highest BCUT2D eigenvalue weighted by molar-refractivity contribution is 7.13. The number of aromatic nitrogens is 5. The molecular formula is C19H17N5O2S. The van der Waals surface area contributed by atoms with E-state index in [1.807, 2.05) is 28.9 Å². The predicted molar refractivity (Wildman–Crippen MR) is 103 cm³/mol. The summed E-state index contributed by atoms with van der Waals surface area (Å²) in [6.45, 7) is 4.42. The first kappa shape index (κ1) is 17.3. The number of rotatable bonds is 6. The van der Waals surface area contributed by atoms with E-state index < -0.39 is 0 Å². The molecule has 0 saturated carbocycles. The van der Waals surface area contributed by atoms with Gasteiger partial charge in [-0.2, -0.15) is 5.10 Å². The number of fused-ring (bicyclic) bond motifs is 1. The number of aldehydes is 1. The average molecular weight is 379 g/mol. The summed E-state index contributed by atoms with van der Waals surface area (Å²) in [5.74, 6) is 0.484. The molecule has 0 amide bonds. The van der Waals surface area contributed by atoms with E-state index in [0.29, 0.717) is 16.8 Å². The molecule has 1 aromatic carbocycles. The first-order valence-corrected chi connectivity index (χ1v) is 9.27. The van der Waals surface area contributed by atoms with Crippen LogP contribution < -0.4 is 4.74 Å². The van der Waals surface area contributed by atoms with Gasteiger partial charge in [-0.25, -0.2) is 0 Å². The molecule has 4 aromatic rings. The number of ether oxygens (including phenoxy) is 1. The van der Waals surface area contributed by atoms with Crippen molar-refractivity contribution in [2.45, 2.75) is 26.5 Å². The zero-order valence-electron chi connectivity index (χ0n) is 14.9. The van der Waals surface area contributed by atoms with Crippen molar-refractivity contribution in [2.75, 3.05) is 0 Å². The summed E-state index contributed by atoms with van der Waals surface area (Å²) in [6, 6.07) is 9.62. The molecule has 0 atom stereocenters. The van der Waals surface area contributed by atoms with Crippen LogP contribution in [0.2, 0.25) is 0 Å². The second kappa shape index (κ2) is 7.24. The molecule has 3 heterocycles. The number of hydrogen-bond acceptors (Lipinski definition) is 7. The molecule has 0 saturated heterocycles. The fraction of sp³-hybridized carbons (Fsp3) is 0.211. The lowest BCUT2D eigenvalue weighted by molar-refractivity contribution is 0.112. The Balaban J connectivity index is 1.67. The Morgan fingerprint density at radius 3 is 2.93 bits per heavy atom. The second-order valence-corrected chi connectivity index (χ2v) is 7.06. The average Bonchev–Trinajstić information content (AvgIpc) is 3.35. The highest BCUT2D eigenvalue weighted by Crippen LogP contribution is 2.29. The quantitative estimate of drug-likeness (QED) is 0.472. The van der Waals surface area contributed by atoms with Gasteiger partial charge in [0.15, 0.2) is 6.29 Å². The van der Waals surface area contributed by atoms with E-state index >= 15 is 0 Å². The molecule has 7 nitrogen and oxygen atoms in total. The van der Waals surface area contributed by atoms with Gasteiger partial charge in [-0.1, -0.05) is 10.6 Å². The Labute approximate surface area is 159 Å². The number of carbonyl (C=O) groups is 1. The molecule has 0 N–H and O–H groups in total. The molecule has 0 fully saturated rings. The minimum absolute atomic E-state index is 0.215. The molecule has 27 heavy (non-hydrogen) atoms. The lowest BCUT2D eigenvalue weighted by Gasteiger charge is -2.14. The topological polar surface area (TPSA) is 82.8 Å². The first-order chi connectivity index (χ1) is 13.2. The van der Waals surface area contributed by atoms with Gasteiger partial charge in [0, 0.05) is 24.0 Å². The lowest BCUT2D eigenvalue weighted by Crippen LogP contribution is -2.08. The van der Waals surface area contributed by atoms with Crippen LogP contribution in [0.15, 0.2) is 42.7 Å². The van der Waals surface area contributed by atoms with Crippen molar-refractivity contribution < 1.29 is 9.53 Å². The molecule has 0 bridgehead atoms. The Hall–Kier alpha value is -3.13. The van der Waals surface area contributed by atoms with Gasteiger partial charge in [-0.3, -0.25) is 14.5 Å². The van der Waals surface area contributed by atoms with E-state index in [0.717, 1.165) is 27.9 Å². The summed E-state index contributed by atoms with van der Waals surface area (Å²) in [5, 5.41) is 8.41. The summed E-state index contributed by atoms with van der Waals surface area (Å²) in [4.78, 5) is 16.1. The summed E-state index contributed by atoms with van der Waals surface area (Å²) >= 11 is 1.25. The molecule has 0 unspecified atom stereocenters. The monoisotopic (exact) mass is 379 g/mol. The van der Waals surface area contributed by atoms with Crippen LogP contribution in [0.4, 0.5) is 0 Å². The summed E-state index contributed by atoms with van der Waals surface area (Å²) < 4.78 is 12.6. The number of pyridine rings is 1. The third-order valence-corrected chi connectivity index (χ3v) is 4.90. The van der Waals surface area contributed by atoms with E-state index in [1.54, 1.807) is 18.5 Å². The van der Waals surface area contributed by atoms with E-state index in [1.165, 1.54) is 11.5 Å². The maximum absolute atomic E-state index is 11.6. The summed E-state index contributed by atoms with van der Waals surface area (Å²) in [7, 11) is 0. The molecule has 4 rings (SSSR count). The smallest absolute Gasteiger partial charge is 0.156 e. The third kappa shape index (κ3) is 3.19. The van der Waals surface area contributed by atoms with Gasteiger partial charge in [0.2, 0.25) is 0 Å². The normalized spacial score (nSPS) is 11.2. The van der Waals surface area contributed by atoms with Gasteiger partial charge in [0.25, 0.3) is 0 Å². The molecule has 0 aliphatic heterocycles. The number of hydrogen-bond donors (Lipinski definition) is 0. The van der Waals surface area contributed by atoms with Crippen molar-refractivity contribution in [1.29, 1.82) is 0 Å². The Bertz CT molecular complexity index is 1100. The van der Waals surface area contributed by atoms with Gasteiger partial charge >= 0.3 is 0 Å². The molecule has 0 aliphatic carbocycles. The second-order valence-electron chi connectivity index (χ2n) is 6.27. The summed E-state index contributed by atoms with van der Waals surface area (Å²) in [6.07, 6.45) is 4.28. The van der Waals surface area contributed by atoms with Crippen molar-refractivity contribution in [3.63, 3.8) is 0 Å². The first-order valence-electron chi connectivity index (χ1n) is 8.50. The highest BCUT2D eigenvalue weighted by atomic mass is 32.1.